The highest BCUT2D eigenvalue weighted by atomic mass is 15.1. The van der Waals surface area contributed by atoms with E-state index in [1.807, 2.05) is 0 Å². The number of benzene rings is 10. The Morgan fingerprint density at radius 3 is 1.34 bits per heavy atom. The van der Waals surface area contributed by atoms with Gasteiger partial charge in [0, 0.05) is 33.3 Å². The summed E-state index contributed by atoms with van der Waals surface area (Å²) in [4.78, 5) is 2.43. The molecule has 1 aromatic heterocycles. The summed E-state index contributed by atoms with van der Waals surface area (Å²) < 4.78 is 2.46. The highest BCUT2D eigenvalue weighted by molar-refractivity contribution is 6.11. The van der Waals surface area contributed by atoms with Crippen LogP contribution in [-0.2, 0) is 0 Å². The van der Waals surface area contributed by atoms with Crippen molar-refractivity contribution < 1.29 is 0 Å². The zero-order valence-electron chi connectivity index (χ0n) is 34.1. The summed E-state index contributed by atoms with van der Waals surface area (Å²) in [6, 6.07) is 92.1. The fraction of sp³-hybridized carbons (Fsp3) is 0. The van der Waals surface area contributed by atoms with Gasteiger partial charge in [-0.05, 0) is 93.0 Å². The number of anilines is 3. The van der Waals surface area contributed by atoms with E-state index in [2.05, 4.69) is 264 Å². The molecule has 292 valence electrons. The van der Waals surface area contributed by atoms with E-state index in [1.165, 1.54) is 60.8 Å². The Morgan fingerprint density at radius 2 is 0.694 bits per heavy atom. The number of nitrogens with zero attached hydrogens (tertiary/aromatic N) is 2. The molecule has 2 heteroatoms. The van der Waals surface area contributed by atoms with Gasteiger partial charge < -0.3 is 9.47 Å². The Kier molecular flexibility index (Phi) is 9.57. The molecule has 0 aliphatic carbocycles. The van der Waals surface area contributed by atoms with Crippen molar-refractivity contribution in [3.63, 3.8) is 0 Å². The third-order valence-corrected chi connectivity index (χ3v) is 12.0. The smallest absolute Gasteiger partial charge is 0.0562 e. The first-order valence-electron chi connectivity index (χ1n) is 21.3. The number of hydrogen-bond acceptors (Lipinski definition) is 1. The molecule has 0 spiro atoms. The second kappa shape index (κ2) is 16.1. The first-order chi connectivity index (χ1) is 30.8. The summed E-state index contributed by atoms with van der Waals surface area (Å²) in [5.74, 6) is 0. The SMILES string of the molecule is c1ccc(-c2ccc(-c3ccccc3-n3c4ccccc4c4ccc(N(c5ccc(-c6ccccc6)cc5)c5ccc(-c6ccccc6)cc5-c5ccccc5)cc43)cc2)cc1. The fourth-order valence-corrected chi connectivity index (χ4v) is 8.99. The molecule has 62 heavy (non-hydrogen) atoms. The first kappa shape index (κ1) is 36.8. The molecular weight excluding hydrogens is 749 g/mol. The van der Waals surface area contributed by atoms with Crippen LogP contribution >= 0.6 is 0 Å². The van der Waals surface area contributed by atoms with Gasteiger partial charge in [-0.1, -0.05) is 206 Å². The lowest BCUT2D eigenvalue weighted by atomic mass is 9.96. The van der Waals surface area contributed by atoms with Crippen molar-refractivity contribution in [1.29, 1.82) is 0 Å². The number of rotatable bonds is 9. The minimum atomic E-state index is 1.07. The highest BCUT2D eigenvalue weighted by Crippen LogP contribution is 2.45. The molecule has 0 saturated carbocycles. The van der Waals surface area contributed by atoms with Crippen LogP contribution in [-0.4, -0.2) is 4.57 Å². The maximum Gasteiger partial charge on any atom is 0.0562 e. The molecule has 0 N–H and O–H groups in total. The predicted molar refractivity (Wildman–Crippen MR) is 263 cm³/mol. The lowest BCUT2D eigenvalue weighted by Gasteiger charge is -2.29. The largest absolute Gasteiger partial charge is 0.310 e. The molecule has 0 aliphatic rings. The summed E-state index contributed by atoms with van der Waals surface area (Å²) in [6.07, 6.45) is 0. The van der Waals surface area contributed by atoms with Crippen molar-refractivity contribution in [3.05, 3.63) is 255 Å². The second-order valence-electron chi connectivity index (χ2n) is 15.7. The summed E-state index contributed by atoms with van der Waals surface area (Å²) in [5, 5.41) is 2.43. The summed E-state index contributed by atoms with van der Waals surface area (Å²) in [6.45, 7) is 0. The van der Waals surface area contributed by atoms with Gasteiger partial charge in [-0.2, -0.15) is 0 Å². The van der Waals surface area contributed by atoms with E-state index < -0.39 is 0 Å². The van der Waals surface area contributed by atoms with Gasteiger partial charge in [-0.15, -0.1) is 0 Å². The number of aromatic nitrogens is 1. The molecular formula is C60H42N2. The Hall–Kier alpha value is -8.20. The molecule has 0 bridgehead atoms. The van der Waals surface area contributed by atoms with Crippen LogP contribution in [0, 0.1) is 0 Å². The standard InChI is InChI=1S/C60H42N2/c1-5-17-43(18-6-1)46-29-31-49(32-30-46)53-25-13-15-27-57(53)62-58-28-16-14-26-54(58)55-39-38-52(42-60(55)62)61(51-36-33-47(34-37-51)44-19-7-2-8-20-44)59-40-35-50(45-21-9-3-10-22-45)41-56(59)48-23-11-4-12-24-48/h1-42H. The van der Waals surface area contributed by atoms with Crippen molar-refractivity contribution in [2.45, 2.75) is 0 Å². The quantitative estimate of drug-likeness (QED) is 0.141. The van der Waals surface area contributed by atoms with Gasteiger partial charge in [-0.25, -0.2) is 0 Å². The van der Waals surface area contributed by atoms with Crippen LogP contribution in [0.3, 0.4) is 0 Å². The molecule has 0 saturated heterocycles. The van der Waals surface area contributed by atoms with Crippen LogP contribution in [0.5, 0.6) is 0 Å². The molecule has 0 aliphatic heterocycles. The molecule has 11 aromatic rings. The lowest BCUT2D eigenvalue weighted by molar-refractivity contribution is 1.18. The molecule has 0 fully saturated rings. The Bertz CT molecular complexity index is 3300. The normalized spacial score (nSPS) is 11.2. The van der Waals surface area contributed by atoms with E-state index in [0.29, 0.717) is 0 Å². The van der Waals surface area contributed by atoms with E-state index in [9.17, 15) is 0 Å². The highest BCUT2D eigenvalue weighted by Gasteiger charge is 2.22. The van der Waals surface area contributed by atoms with Crippen LogP contribution in [0.2, 0.25) is 0 Å². The van der Waals surface area contributed by atoms with Gasteiger partial charge in [-0.3, -0.25) is 0 Å². The molecule has 11 rings (SSSR count). The molecule has 0 amide bonds. The van der Waals surface area contributed by atoms with Crippen LogP contribution < -0.4 is 4.90 Å². The summed E-state index contributed by atoms with van der Waals surface area (Å²) in [5.41, 5.74) is 18.5. The number of fused-ring (bicyclic) bond motifs is 3. The summed E-state index contributed by atoms with van der Waals surface area (Å²) in [7, 11) is 0. The van der Waals surface area contributed by atoms with Crippen molar-refractivity contribution in [2.24, 2.45) is 0 Å². The molecule has 0 radical (unpaired) electrons. The molecule has 0 unspecified atom stereocenters. The first-order valence-corrected chi connectivity index (χ1v) is 21.3. The van der Waals surface area contributed by atoms with Gasteiger partial charge in [0.25, 0.3) is 0 Å². The second-order valence-corrected chi connectivity index (χ2v) is 15.7. The third kappa shape index (κ3) is 6.84. The van der Waals surface area contributed by atoms with Crippen LogP contribution in [0.1, 0.15) is 0 Å². The zero-order chi connectivity index (χ0) is 41.2. The van der Waals surface area contributed by atoms with Gasteiger partial charge in [0.1, 0.15) is 0 Å². The maximum atomic E-state index is 2.46. The summed E-state index contributed by atoms with van der Waals surface area (Å²) >= 11 is 0. The van der Waals surface area contributed by atoms with Crippen molar-refractivity contribution in [2.75, 3.05) is 4.90 Å². The van der Waals surface area contributed by atoms with Crippen molar-refractivity contribution in [1.82, 2.24) is 4.57 Å². The average molecular weight is 791 g/mol. The average Bonchev–Trinajstić information content (AvgIpc) is 3.69. The van der Waals surface area contributed by atoms with E-state index in [4.69, 9.17) is 0 Å². The van der Waals surface area contributed by atoms with Crippen LogP contribution in [0.15, 0.2) is 255 Å². The minimum Gasteiger partial charge on any atom is -0.310 e. The maximum absolute atomic E-state index is 2.46. The molecule has 10 aromatic carbocycles. The minimum absolute atomic E-state index is 1.07. The van der Waals surface area contributed by atoms with Gasteiger partial charge in [0.05, 0.1) is 22.4 Å². The third-order valence-electron chi connectivity index (χ3n) is 12.0. The van der Waals surface area contributed by atoms with Crippen molar-refractivity contribution >= 4 is 38.9 Å². The van der Waals surface area contributed by atoms with E-state index in [-0.39, 0.29) is 0 Å². The van der Waals surface area contributed by atoms with Crippen LogP contribution in [0.25, 0.3) is 83.1 Å². The molecule has 0 atom stereocenters. The number of hydrogen-bond donors (Lipinski definition) is 0. The van der Waals surface area contributed by atoms with Crippen LogP contribution in [0.4, 0.5) is 17.1 Å². The molecule has 1 heterocycles. The zero-order valence-corrected chi connectivity index (χ0v) is 34.1. The van der Waals surface area contributed by atoms with Gasteiger partial charge >= 0.3 is 0 Å². The molecule has 2 nitrogen and oxygen atoms in total. The monoisotopic (exact) mass is 790 g/mol. The Morgan fingerprint density at radius 1 is 0.258 bits per heavy atom. The fourth-order valence-electron chi connectivity index (χ4n) is 8.99. The lowest BCUT2D eigenvalue weighted by Crippen LogP contribution is -2.11. The van der Waals surface area contributed by atoms with E-state index in [1.54, 1.807) is 0 Å². The Balaban J connectivity index is 1.12. The van der Waals surface area contributed by atoms with Gasteiger partial charge in [0.15, 0.2) is 0 Å². The predicted octanol–water partition coefficient (Wildman–Crippen LogP) is 16.6. The van der Waals surface area contributed by atoms with E-state index in [0.717, 1.165) is 39.4 Å². The Labute approximate surface area is 362 Å². The van der Waals surface area contributed by atoms with Gasteiger partial charge in [0.2, 0.25) is 0 Å². The number of para-hydroxylation sites is 2. The topological polar surface area (TPSA) is 8.17 Å². The van der Waals surface area contributed by atoms with Crippen molar-refractivity contribution in [3.8, 4) is 61.3 Å². The van der Waals surface area contributed by atoms with E-state index >= 15 is 0 Å².